The molecule has 0 aromatic heterocycles. The second-order valence-electron chi connectivity index (χ2n) is 5.09. The summed E-state index contributed by atoms with van der Waals surface area (Å²) in [5, 5.41) is 19.3. The Bertz CT molecular complexity index is 856. The summed E-state index contributed by atoms with van der Waals surface area (Å²) in [5.74, 6) is -0.990. The maximum atomic E-state index is 12.3. The van der Waals surface area contributed by atoms with Crippen molar-refractivity contribution in [3.8, 4) is 11.5 Å². The zero-order chi connectivity index (χ0) is 19.1. The Balaban J connectivity index is 2.13. The third-order valence-corrected chi connectivity index (χ3v) is 3.33. The topological polar surface area (TPSA) is 116 Å². The lowest BCUT2D eigenvalue weighted by Gasteiger charge is -2.09. The van der Waals surface area contributed by atoms with Gasteiger partial charge in [-0.15, -0.1) is 0 Å². The molecule has 0 aliphatic carbocycles. The summed E-state index contributed by atoms with van der Waals surface area (Å²) in [6.45, 7) is -0.524. The quantitative estimate of drug-likeness (QED) is 0.334. The molecule has 0 fully saturated rings. The summed E-state index contributed by atoms with van der Waals surface area (Å²) in [6.07, 6.45) is 2.86. The van der Waals surface area contributed by atoms with Crippen molar-refractivity contribution in [1.82, 2.24) is 0 Å². The van der Waals surface area contributed by atoms with Gasteiger partial charge < -0.3 is 14.6 Å². The van der Waals surface area contributed by atoms with Crippen LogP contribution in [0.3, 0.4) is 0 Å². The molecule has 0 amide bonds. The number of nitro benzene ring substituents is 1. The Labute approximate surface area is 148 Å². The zero-order valence-electron chi connectivity index (χ0n) is 13.7. The van der Waals surface area contributed by atoms with Gasteiger partial charge in [0.05, 0.1) is 12.0 Å². The zero-order valence-corrected chi connectivity index (χ0v) is 13.7. The first kappa shape index (κ1) is 18.7. The van der Waals surface area contributed by atoms with E-state index in [1.54, 1.807) is 0 Å². The van der Waals surface area contributed by atoms with E-state index in [0.29, 0.717) is 11.1 Å². The van der Waals surface area contributed by atoms with Gasteiger partial charge in [-0.05, 0) is 42.0 Å². The molecule has 0 unspecified atom stereocenters. The standard InChI is InChI=1S/C18H15NO7/c1-25-17-10-13(5-9-16(17)26-11-18(21)22)15(20)8-4-12-2-6-14(7-3-12)19(23)24/h2-10H,11H2,1H3,(H,21,22). The van der Waals surface area contributed by atoms with Gasteiger partial charge >= 0.3 is 5.97 Å². The van der Waals surface area contributed by atoms with Crippen molar-refractivity contribution in [3.63, 3.8) is 0 Å². The SMILES string of the molecule is COc1cc(C(=O)C=Cc2ccc([N+](=O)[O-])cc2)ccc1OCC(=O)O. The summed E-state index contributed by atoms with van der Waals surface area (Å²) in [7, 11) is 1.38. The second-order valence-corrected chi connectivity index (χ2v) is 5.09. The van der Waals surface area contributed by atoms with Gasteiger partial charge in [-0.25, -0.2) is 4.79 Å². The number of carbonyl (C=O) groups excluding carboxylic acids is 1. The number of hydrogen-bond donors (Lipinski definition) is 1. The Morgan fingerprint density at radius 2 is 1.85 bits per heavy atom. The molecule has 8 heteroatoms. The second kappa shape index (κ2) is 8.43. The predicted molar refractivity (Wildman–Crippen MR) is 92.6 cm³/mol. The molecule has 134 valence electrons. The van der Waals surface area contributed by atoms with Crippen LogP contribution in [0.25, 0.3) is 6.08 Å². The van der Waals surface area contributed by atoms with E-state index in [1.165, 1.54) is 61.7 Å². The van der Waals surface area contributed by atoms with Crippen molar-refractivity contribution in [3.05, 3.63) is 69.8 Å². The highest BCUT2D eigenvalue weighted by molar-refractivity contribution is 6.07. The molecular formula is C18H15NO7. The number of rotatable bonds is 8. The number of carboxylic acids is 1. The van der Waals surface area contributed by atoms with Crippen LogP contribution in [0.4, 0.5) is 5.69 Å². The molecule has 8 nitrogen and oxygen atoms in total. The fourth-order valence-electron chi connectivity index (χ4n) is 2.05. The Morgan fingerprint density at radius 1 is 1.15 bits per heavy atom. The lowest BCUT2D eigenvalue weighted by molar-refractivity contribution is -0.384. The largest absolute Gasteiger partial charge is 0.493 e. The van der Waals surface area contributed by atoms with Crippen molar-refractivity contribution in [2.45, 2.75) is 0 Å². The van der Waals surface area contributed by atoms with Crippen LogP contribution < -0.4 is 9.47 Å². The highest BCUT2D eigenvalue weighted by atomic mass is 16.6. The van der Waals surface area contributed by atoms with E-state index in [9.17, 15) is 19.7 Å². The van der Waals surface area contributed by atoms with Gasteiger partial charge in [0.15, 0.2) is 23.9 Å². The highest BCUT2D eigenvalue weighted by Gasteiger charge is 2.11. The summed E-state index contributed by atoms with van der Waals surface area (Å²) < 4.78 is 10.2. The van der Waals surface area contributed by atoms with Crippen molar-refractivity contribution in [2.75, 3.05) is 13.7 Å². The summed E-state index contributed by atoms with van der Waals surface area (Å²) in [6, 6.07) is 10.1. The summed E-state index contributed by atoms with van der Waals surface area (Å²) in [4.78, 5) is 32.9. The molecule has 0 bridgehead atoms. The lowest BCUT2D eigenvalue weighted by atomic mass is 10.1. The Morgan fingerprint density at radius 3 is 2.42 bits per heavy atom. The number of carboxylic acid groups (broad SMARTS) is 1. The van der Waals surface area contributed by atoms with Crippen LogP contribution in [0.15, 0.2) is 48.5 Å². The van der Waals surface area contributed by atoms with Crippen LogP contribution in [-0.4, -0.2) is 35.5 Å². The number of allylic oxidation sites excluding steroid dienone is 1. The first-order valence-electron chi connectivity index (χ1n) is 7.40. The number of carbonyl (C=O) groups is 2. The molecule has 1 N–H and O–H groups in total. The number of ether oxygens (including phenoxy) is 2. The first-order chi connectivity index (χ1) is 12.4. The van der Waals surface area contributed by atoms with Gasteiger partial charge in [0.1, 0.15) is 0 Å². The van der Waals surface area contributed by atoms with E-state index in [1.807, 2.05) is 0 Å². The van der Waals surface area contributed by atoms with E-state index < -0.39 is 17.5 Å². The molecule has 0 spiro atoms. The maximum Gasteiger partial charge on any atom is 0.341 e. The molecule has 0 aliphatic rings. The molecule has 0 heterocycles. The van der Waals surface area contributed by atoms with Crippen LogP contribution in [0.1, 0.15) is 15.9 Å². The molecule has 0 saturated heterocycles. The smallest absolute Gasteiger partial charge is 0.341 e. The maximum absolute atomic E-state index is 12.3. The first-order valence-corrected chi connectivity index (χ1v) is 7.40. The van der Waals surface area contributed by atoms with Crippen molar-refractivity contribution in [1.29, 1.82) is 0 Å². The van der Waals surface area contributed by atoms with Crippen LogP contribution in [0.2, 0.25) is 0 Å². The van der Waals surface area contributed by atoms with Crippen LogP contribution in [0, 0.1) is 10.1 Å². The number of nitro groups is 1. The number of nitrogens with zero attached hydrogens (tertiary/aromatic N) is 1. The fraction of sp³-hybridized carbons (Fsp3) is 0.111. The number of aliphatic carboxylic acids is 1. The Kier molecular flexibility index (Phi) is 6.05. The van der Waals surface area contributed by atoms with Crippen LogP contribution in [-0.2, 0) is 4.79 Å². The number of non-ortho nitro benzene ring substituents is 1. The molecule has 2 rings (SSSR count). The van der Waals surface area contributed by atoms with Crippen molar-refractivity contribution < 1.29 is 29.1 Å². The molecule has 0 aliphatic heterocycles. The molecular weight excluding hydrogens is 342 g/mol. The number of benzene rings is 2. The van der Waals surface area contributed by atoms with Crippen LogP contribution >= 0.6 is 0 Å². The molecule has 2 aromatic rings. The van der Waals surface area contributed by atoms with Crippen LogP contribution in [0.5, 0.6) is 11.5 Å². The van der Waals surface area contributed by atoms with E-state index in [-0.39, 0.29) is 23.0 Å². The van der Waals surface area contributed by atoms with E-state index in [2.05, 4.69) is 0 Å². The molecule has 26 heavy (non-hydrogen) atoms. The molecule has 0 radical (unpaired) electrons. The molecule has 0 atom stereocenters. The van der Waals surface area contributed by atoms with Gasteiger partial charge in [0, 0.05) is 17.7 Å². The Hall–Kier alpha value is -3.68. The normalized spacial score (nSPS) is 10.5. The average Bonchev–Trinajstić information content (AvgIpc) is 2.64. The van der Waals surface area contributed by atoms with E-state index >= 15 is 0 Å². The summed E-state index contributed by atoms with van der Waals surface area (Å²) in [5.41, 5.74) is 0.926. The monoisotopic (exact) mass is 357 g/mol. The predicted octanol–water partition coefficient (Wildman–Crippen LogP) is 2.96. The third-order valence-electron chi connectivity index (χ3n) is 3.33. The lowest BCUT2D eigenvalue weighted by Crippen LogP contribution is -2.10. The van der Waals surface area contributed by atoms with Gasteiger partial charge in [-0.1, -0.05) is 6.08 Å². The van der Waals surface area contributed by atoms with Gasteiger partial charge in [0.25, 0.3) is 5.69 Å². The minimum Gasteiger partial charge on any atom is -0.493 e. The van der Waals surface area contributed by atoms with Gasteiger partial charge in [0.2, 0.25) is 0 Å². The molecule has 0 saturated carbocycles. The van der Waals surface area contributed by atoms with Crippen molar-refractivity contribution >= 4 is 23.5 Å². The molecule has 2 aromatic carbocycles. The summed E-state index contributed by atoms with van der Waals surface area (Å²) >= 11 is 0. The van der Waals surface area contributed by atoms with Gasteiger partial charge in [-0.3, -0.25) is 14.9 Å². The van der Waals surface area contributed by atoms with Crippen molar-refractivity contribution in [2.24, 2.45) is 0 Å². The number of methoxy groups -OCH3 is 1. The number of ketones is 1. The van der Waals surface area contributed by atoms with E-state index in [0.717, 1.165) is 0 Å². The highest BCUT2D eigenvalue weighted by Crippen LogP contribution is 2.28. The minimum atomic E-state index is -1.13. The average molecular weight is 357 g/mol. The minimum absolute atomic E-state index is 0.0323. The number of hydrogen-bond acceptors (Lipinski definition) is 6. The third kappa shape index (κ3) is 4.91. The fourth-order valence-corrected chi connectivity index (χ4v) is 2.05. The van der Waals surface area contributed by atoms with Gasteiger partial charge in [-0.2, -0.15) is 0 Å². The van der Waals surface area contributed by atoms with E-state index in [4.69, 9.17) is 14.6 Å².